The Morgan fingerprint density at radius 2 is 1.89 bits per heavy atom. The zero-order valence-electron chi connectivity index (χ0n) is 10.8. The number of benzene rings is 1. The SMILES string of the molecule is COC(=O)/C=C/[C@H](c1ccc(OC)cc1)[C@@H](C)O. The Hall–Kier alpha value is -1.81. The minimum absolute atomic E-state index is 0.255. The van der Waals surface area contributed by atoms with Crippen LogP contribution in [-0.2, 0) is 9.53 Å². The van der Waals surface area contributed by atoms with E-state index < -0.39 is 12.1 Å². The molecular formula is C14H18O4. The zero-order valence-corrected chi connectivity index (χ0v) is 10.8. The minimum atomic E-state index is -0.598. The molecule has 18 heavy (non-hydrogen) atoms. The average molecular weight is 250 g/mol. The Morgan fingerprint density at radius 1 is 1.28 bits per heavy atom. The van der Waals surface area contributed by atoms with Crippen molar-refractivity contribution in [2.45, 2.75) is 18.9 Å². The molecule has 0 fully saturated rings. The summed E-state index contributed by atoms with van der Waals surface area (Å²) in [4.78, 5) is 11.1. The molecule has 0 unspecified atom stereocenters. The first-order valence-electron chi connectivity index (χ1n) is 5.66. The monoisotopic (exact) mass is 250 g/mol. The third kappa shape index (κ3) is 3.89. The van der Waals surface area contributed by atoms with Crippen LogP contribution < -0.4 is 4.74 Å². The Morgan fingerprint density at radius 3 is 2.33 bits per heavy atom. The van der Waals surface area contributed by atoms with Gasteiger partial charge in [-0.25, -0.2) is 4.79 Å². The lowest BCUT2D eigenvalue weighted by atomic mass is 9.94. The molecule has 0 saturated heterocycles. The predicted octanol–water partition coefficient (Wildman–Crippen LogP) is 1.89. The standard InChI is InChI=1S/C14H18O4/c1-10(15)13(8-9-14(16)18-3)11-4-6-12(17-2)7-5-11/h4-10,13,15H,1-3H3/b9-8+/t10-,13+/m1/s1. The van der Waals surface area contributed by atoms with E-state index in [4.69, 9.17) is 4.74 Å². The van der Waals surface area contributed by atoms with E-state index in [2.05, 4.69) is 4.74 Å². The Bertz CT molecular complexity index is 406. The van der Waals surface area contributed by atoms with Gasteiger partial charge in [0, 0.05) is 12.0 Å². The van der Waals surface area contributed by atoms with Gasteiger partial charge in [0.05, 0.1) is 20.3 Å². The lowest BCUT2D eigenvalue weighted by molar-refractivity contribution is -0.134. The summed E-state index contributed by atoms with van der Waals surface area (Å²) in [7, 11) is 2.91. The van der Waals surface area contributed by atoms with Gasteiger partial charge in [0.15, 0.2) is 0 Å². The number of carbonyl (C=O) groups excluding carboxylic acids is 1. The van der Waals surface area contributed by atoms with E-state index in [1.807, 2.05) is 24.3 Å². The van der Waals surface area contributed by atoms with Crippen molar-refractivity contribution < 1.29 is 19.4 Å². The second-order valence-corrected chi connectivity index (χ2v) is 3.92. The maximum atomic E-state index is 11.1. The fourth-order valence-electron chi connectivity index (χ4n) is 1.63. The van der Waals surface area contributed by atoms with Crippen molar-refractivity contribution >= 4 is 5.97 Å². The number of hydrogen-bond donors (Lipinski definition) is 1. The number of carbonyl (C=O) groups is 1. The van der Waals surface area contributed by atoms with Crippen molar-refractivity contribution in [2.24, 2.45) is 0 Å². The fraction of sp³-hybridized carbons (Fsp3) is 0.357. The van der Waals surface area contributed by atoms with Crippen molar-refractivity contribution in [3.63, 3.8) is 0 Å². The van der Waals surface area contributed by atoms with Crippen LogP contribution >= 0.6 is 0 Å². The van der Waals surface area contributed by atoms with Crippen LogP contribution in [0.1, 0.15) is 18.4 Å². The van der Waals surface area contributed by atoms with Crippen LogP contribution in [0.4, 0.5) is 0 Å². The third-order valence-electron chi connectivity index (χ3n) is 2.66. The number of rotatable bonds is 5. The van der Waals surface area contributed by atoms with Crippen LogP contribution in [0.2, 0.25) is 0 Å². The minimum Gasteiger partial charge on any atom is -0.497 e. The molecule has 0 aromatic heterocycles. The average Bonchev–Trinajstić information content (AvgIpc) is 2.39. The van der Waals surface area contributed by atoms with E-state index >= 15 is 0 Å². The van der Waals surface area contributed by atoms with Crippen LogP contribution in [0, 0.1) is 0 Å². The number of methoxy groups -OCH3 is 2. The molecule has 4 heteroatoms. The molecule has 0 amide bonds. The summed E-state index contributed by atoms with van der Waals surface area (Å²) in [5, 5.41) is 9.74. The second-order valence-electron chi connectivity index (χ2n) is 3.92. The molecule has 0 spiro atoms. The number of hydrogen-bond acceptors (Lipinski definition) is 4. The van der Waals surface area contributed by atoms with Gasteiger partial charge < -0.3 is 14.6 Å². The second kappa shape index (κ2) is 6.81. The molecule has 0 heterocycles. The van der Waals surface area contributed by atoms with E-state index in [9.17, 15) is 9.90 Å². The lowest BCUT2D eigenvalue weighted by Crippen LogP contribution is -2.13. The summed E-state index contributed by atoms with van der Waals surface area (Å²) in [5.74, 6) is 0.0595. The molecule has 0 aliphatic carbocycles. The van der Waals surface area contributed by atoms with Gasteiger partial charge in [-0.3, -0.25) is 0 Å². The van der Waals surface area contributed by atoms with E-state index in [-0.39, 0.29) is 5.92 Å². The van der Waals surface area contributed by atoms with E-state index in [0.717, 1.165) is 11.3 Å². The molecule has 1 aromatic carbocycles. The van der Waals surface area contributed by atoms with Crippen molar-refractivity contribution in [1.29, 1.82) is 0 Å². The topological polar surface area (TPSA) is 55.8 Å². The van der Waals surface area contributed by atoms with Gasteiger partial charge in [0.1, 0.15) is 5.75 Å². The highest BCUT2D eigenvalue weighted by Crippen LogP contribution is 2.23. The maximum absolute atomic E-state index is 11.1. The van der Waals surface area contributed by atoms with Crippen LogP contribution in [0.5, 0.6) is 5.75 Å². The molecule has 98 valence electrons. The Balaban J connectivity index is 2.90. The van der Waals surface area contributed by atoms with Crippen LogP contribution in [0.25, 0.3) is 0 Å². The van der Waals surface area contributed by atoms with Crippen molar-refractivity contribution in [1.82, 2.24) is 0 Å². The Labute approximate surface area is 107 Å². The fourth-order valence-corrected chi connectivity index (χ4v) is 1.63. The van der Waals surface area contributed by atoms with E-state index in [1.165, 1.54) is 13.2 Å². The highest BCUT2D eigenvalue weighted by molar-refractivity contribution is 5.81. The summed E-state index contributed by atoms with van der Waals surface area (Å²) in [6.07, 6.45) is 2.36. The van der Waals surface area contributed by atoms with E-state index in [0.29, 0.717) is 0 Å². The van der Waals surface area contributed by atoms with Crippen LogP contribution in [0.15, 0.2) is 36.4 Å². The van der Waals surface area contributed by atoms with Gasteiger partial charge in [-0.2, -0.15) is 0 Å². The van der Waals surface area contributed by atoms with Gasteiger partial charge in [-0.1, -0.05) is 18.2 Å². The zero-order chi connectivity index (χ0) is 13.5. The highest BCUT2D eigenvalue weighted by Gasteiger charge is 2.14. The number of aliphatic hydroxyl groups is 1. The normalized spacial score (nSPS) is 14.2. The molecule has 1 aromatic rings. The summed E-state index contributed by atoms with van der Waals surface area (Å²) >= 11 is 0. The lowest BCUT2D eigenvalue weighted by Gasteiger charge is -2.16. The summed E-state index contributed by atoms with van der Waals surface area (Å²) < 4.78 is 9.60. The first kappa shape index (κ1) is 14.3. The quantitative estimate of drug-likeness (QED) is 0.640. The largest absolute Gasteiger partial charge is 0.497 e. The van der Waals surface area contributed by atoms with Gasteiger partial charge >= 0.3 is 5.97 Å². The molecule has 1 N–H and O–H groups in total. The summed E-state index contributed by atoms with van der Waals surface area (Å²) in [5.41, 5.74) is 0.908. The Kier molecular flexibility index (Phi) is 5.39. The molecule has 0 radical (unpaired) electrons. The van der Waals surface area contributed by atoms with E-state index in [1.54, 1.807) is 20.1 Å². The first-order valence-corrected chi connectivity index (χ1v) is 5.66. The van der Waals surface area contributed by atoms with Crippen molar-refractivity contribution in [2.75, 3.05) is 14.2 Å². The van der Waals surface area contributed by atoms with Crippen LogP contribution in [0.3, 0.4) is 0 Å². The molecular weight excluding hydrogens is 232 g/mol. The number of ether oxygens (including phenoxy) is 2. The third-order valence-corrected chi connectivity index (χ3v) is 2.66. The predicted molar refractivity (Wildman–Crippen MR) is 68.6 cm³/mol. The molecule has 4 nitrogen and oxygen atoms in total. The first-order chi connectivity index (χ1) is 8.58. The van der Waals surface area contributed by atoms with Crippen molar-refractivity contribution in [3.8, 4) is 5.75 Å². The van der Waals surface area contributed by atoms with Gasteiger partial charge in [0.25, 0.3) is 0 Å². The number of esters is 1. The summed E-state index contributed by atoms with van der Waals surface area (Å²) in [6.45, 7) is 1.68. The molecule has 0 saturated carbocycles. The van der Waals surface area contributed by atoms with Gasteiger partial charge in [-0.05, 0) is 24.6 Å². The molecule has 0 aliphatic rings. The van der Waals surface area contributed by atoms with Crippen molar-refractivity contribution in [3.05, 3.63) is 42.0 Å². The van der Waals surface area contributed by atoms with Crippen LogP contribution in [-0.4, -0.2) is 31.4 Å². The highest BCUT2D eigenvalue weighted by atomic mass is 16.5. The molecule has 0 aliphatic heterocycles. The molecule has 0 bridgehead atoms. The molecule has 1 rings (SSSR count). The van der Waals surface area contributed by atoms with Gasteiger partial charge in [-0.15, -0.1) is 0 Å². The van der Waals surface area contributed by atoms with Gasteiger partial charge in [0.2, 0.25) is 0 Å². The maximum Gasteiger partial charge on any atom is 0.330 e. The number of aliphatic hydroxyl groups excluding tert-OH is 1. The smallest absolute Gasteiger partial charge is 0.330 e. The molecule has 2 atom stereocenters. The summed E-state index contributed by atoms with van der Waals surface area (Å²) in [6, 6.07) is 7.35.